The number of likely N-dealkylation sites (tertiary alicyclic amines) is 1. The molecule has 1 atom stereocenters. The Morgan fingerprint density at radius 1 is 1.06 bits per heavy atom. The van der Waals surface area contributed by atoms with E-state index in [2.05, 4.69) is 43.2 Å². The van der Waals surface area contributed by atoms with Gasteiger partial charge in [-0.3, -0.25) is 14.4 Å². The standard InChI is InChI=1S/C15H25N3O3.C8H17N.C3H8/c1-10(2)13(18(4)14(20)8-16-9-19)7-11(3)15(21)17-12-5-6-12;1-8(2)9-6-4-3-5-7-9;1-3-2/h7,9-10,12-13H,5-6,8H2,1-4H3,(H,16,19)(H,17,21);8H,3-7H2,1-2H3;3H2,1-2H3/b11-7+;;/t13-;;/m1../s1. The molecule has 33 heavy (non-hydrogen) atoms. The van der Waals surface area contributed by atoms with Crippen LogP contribution < -0.4 is 10.6 Å². The quantitative estimate of drug-likeness (QED) is 0.401. The molecule has 2 aliphatic rings. The molecule has 2 N–H and O–H groups in total. The van der Waals surface area contributed by atoms with E-state index in [-0.39, 0.29) is 30.3 Å². The molecule has 0 aromatic carbocycles. The topological polar surface area (TPSA) is 81.8 Å². The molecule has 7 heteroatoms. The fraction of sp³-hybridized carbons (Fsp3) is 0.808. The van der Waals surface area contributed by atoms with Crippen molar-refractivity contribution in [1.82, 2.24) is 20.4 Å². The van der Waals surface area contributed by atoms with Crippen LogP contribution in [-0.2, 0) is 14.4 Å². The molecular formula is C26H50N4O3. The zero-order valence-corrected chi connectivity index (χ0v) is 22.4. The van der Waals surface area contributed by atoms with Gasteiger partial charge in [-0.15, -0.1) is 0 Å². The Kier molecular flexibility index (Phi) is 16.6. The predicted octanol–water partition coefficient (Wildman–Crippen LogP) is 3.74. The van der Waals surface area contributed by atoms with Crippen LogP contribution in [0.3, 0.4) is 0 Å². The fourth-order valence-electron chi connectivity index (χ4n) is 3.46. The first-order valence-corrected chi connectivity index (χ1v) is 12.7. The summed E-state index contributed by atoms with van der Waals surface area (Å²) < 4.78 is 0. The van der Waals surface area contributed by atoms with E-state index in [1.807, 2.05) is 19.9 Å². The maximum atomic E-state index is 12.0. The van der Waals surface area contributed by atoms with Gasteiger partial charge in [-0.1, -0.05) is 46.6 Å². The van der Waals surface area contributed by atoms with Crippen molar-refractivity contribution in [2.75, 3.05) is 26.7 Å². The van der Waals surface area contributed by atoms with E-state index < -0.39 is 0 Å². The van der Waals surface area contributed by atoms with Crippen molar-refractivity contribution in [3.8, 4) is 0 Å². The number of amides is 3. The smallest absolute Gasteiger partial charge is 0.246 e. The summed E-state index contributed by atoms with van der Waals surface area (Å²) in [6.07, 6.45) is 9.94. The average Bonchev–Trinajstić information content (AvgIpc) is 3.60. The van der Waals surface area contributed by atoms with Gasteiger partial charge in [0, 0.05) is 24.7 Å². The van der Waals surface area contributed by atoms with E-state index in [1.165, 1.54) is 38.8 Å². The number of rotatable bonds is 9. The largest absolute Gasteiger partial charge is 0.350 e. The Labute approximate surface area is 202 Å². The third-order valence-corrected chi connectivity index (χ3v) is 5.67. The van der Waals surface area contributed by atoms with Crippen molar-refractivity contribution in [1.29, 1.82) is 0 Å². The Morgan fingerprint density at radius 2 is 1.61 bits per heavy atom. The lowest BCUT2D eigenvalue weighted by atomic mass is 10.00. The number of likely N-dealkylation sites (N-methyl/N-ethyl adjacent to an activating group) is 1. The van der Waals surface area contributed by atoms with Gasteiger partial charge in [-0.2, -0.15) is 0 Å². The SMILES string of the molecule is C/C(=C\[C@H](C(C)C)N(C)C(=O)CNC=O)C(=O)NC1CC1.CC(C)N1CCCCC1.CCC. The molecule has 192 valence electrons. The highest BCUT2D eigenvalue weighted by Gasteiger charge is 2.25. The third-order valence-electron chi connectivity index (χ3n) is 5.67. The number of nitrogens with one attached hydrogen (secondary N) is 2. The van der Waals surface area contributed by atoms with Crippen LogP contribution in [0.15, 0.2) is 11.6 Å². The first kappa shape index (κ1) is 31.1. The van der Waals surface area contributed by atoms with Gasteiger partial charge in [0.1, 0.15) is 0 Å². The van der Waals surface area contributed by atoms with Gasteiger partial charge in [-0.05, 0) is 65.5 Å². The molecule has 0 bridgehead atoms. The van der Waals surface area contributed by atoms with Crippen molar-refractivity contribution in [2.24, 2.45) is 5.92 Å². The van der Waals surface area contributed by atoms with Crippen LogP contribution in [0.5, 0.6) is 0 Å². The molecule has 0 spiro atoms. The zero-order chi connectivity index (χ0) is 25.4. The molecule has 3 amide bonds. The monoisotopic (exact) mass is 466 g/mol. The summed E-state index contributed by atoms with van der Waals surface area (Å²) in [5.41, 5.74) is 0.614. The molecule has 0 unspecified atom stereocenters. The second-order valence-corrected chi connectivity index (χ2v) is 9.73. The second kappa shape index (κ2) is 17.6. The number of piperidine rings is 1. The molecule has 1 heterocycles. The zero-order valence-electron chi connectivity index (χ0n) is 22.4. The van der Waals surface area contributed by atoms with Crippen molar-refractivity contribution >= 4 is 18.2 Å². The van der Waals surface area contributed by atoms with E-state index in [4.69, 9.17) is 0 Å². The summed E-state index contributed by atoms with van der Waals surface area (Å²) >= 11 is 0. The molecule has 2 rings (SSSR count). The van der Waals surface area contributed by atoms with E-state index in [0.717, 1.165) is 18.9 Å². The van der Waals surface area contributed by atoms with Crippen LogP contribution in [0.1, 0.15) is 87.0 Å². The molecule has 1 aliphatic heterocycles. The lowest BCUT2D eigenvalue weighted by Gasteiger charge is -2.29. The predicted molar refractivity (Wildman–Crippen MR) is 137 cm³/mol. The molecule has 0 aromatic rings. The van der Waals surface area contributed by atoms with Crippen LogP contribution in [-0.4, -0.2) is 72.8 Å². The van der Waals surface area contributed by atoms with E-state index >= 15 is 0 Å². The maximum absolute atomic E-state index is 12.0. The highest BCUT2D eigenvalue weighted by atomic mass is 16.2. The van der Waals surface area contributed by atoms with Crippen molar-refractivity contribution in [3.05, 3.63) is 11.6 Å². The van der Waals surface area contributed by atoms with Crippen LogP contribution >= 0.6 is 0 Å². The van der Waals surface area contributed by atoms with Crippen LogP contribution in [0.2, 0.25) is 0 Å². The molecule has 7 nitrogen and oxygen atoms in total. The summed E-state index contributed by atoms with van der Waals surface area (Å²) in [5.74, 6) is -0.0960. The highest BCUT2D eigenvalue weighted by Crippen LogP contribution is 2.20. The Hall–Kier alpha value is -1.89. The van der Waals surface area contributed by atoms with Crippen LogP contribution in [0, 0.1) is 5.92 Å². The molecular weight excluding hydrogens is 416 g/mol. The molecule has 1 aliphatic carbocycles. The summed E-state index contributed by atoms with van der Waals surface area (Å²) in [4.78, 5) is 38.3. The average molecular weight is 467 g/mol. The molecule has 2 fully saturated rings. The van der Waals surface area contributed by atoms with Gasteiger partial charge >= 0.3 is 0 Å². The molecule has 1 saturated carbocycles. The lowest BCUT2D eigenvalue weighted by Crippen LogP contribution is -2.43. The minimum atomic E-state index is -0.188. The highest BCUT2D eigenvalue weighted by molar-refractivity contribution is 5.93. The minimum Gasteiger partial charge on any atom is -0.350 e. The van der Waals surface area contributed by atoms with Gasteiger partial charge in [0.2, 0.25) is 18.2 Å². The number of carbonyl (C=O) groups excluding carboxylic acids is 3. The van der Waals surface area contributed by atoms with Gasteiger partial charge in [0.25, 0.3) is 0 Å². The molecule has 1 saturated heterocycles. The van der Waals surface area contributed by atoms with E-state index in [9.17, 15) is 14.4 Å². The summed E-state index contributed by atoms with van der Waals surface area (Å²) in [6, 6.07) is 0.899. The Bertz CT molecular complexity index is 594. The van der Waals surface area contributed by atoms with Crippen LogP contribution in [0.25, 0.3) is 0 Å². The van der Waals surface area contributed by atoms with Gasteiger partial charge in [0.15, 0.2) is 0 Å². The number of carbonyl (C=O) groups is 3. The minimum absolute atomic E-state index is 0.0373. The van der Waals surface area contributed by atoms with Crippen LogP contribution in [0.4, 0.5) is 0 Å². The van der Waals surface area contributed by atoms with Gasteiger partial charge in [-0.25, -0.2) is 0 Å². The fourth-order valence-corrected chi connectivity index (χ4v) is 3.46. The van der Waals surface area contributed by atoms with Gasteiger partial charge < -0.3 is 20.4 Å². The summed E-state index contributed by atoms with van der Waals surface area (Å²) in [7, 11) is 1.68. The molecule has 0 aromatic heterocycles. The van der Waals surface area contributed by atoms with Crippen molar-refractivity contribution in [3.63, 3.8) is 0 Å². The molecule has 0 radical (unpaired) electrons. The summed E-state index contributed by atoms with van der Waals surface area (Å²) in [6.45, 7) is 17.2. The Balaban J connectivity index is 0.000000701. The number of hydrogen-bond acceptors (Lipinski definition) is 4. The van der Waals surface area contributed by atoms with Crippen molar-refractivity contribution < 1.29 is 14.4 Å². The van der Waals surface area contributed by atoms with E-state index in [0.29, 0.717) is 18.0 Å². The maximum Gasteiger partial charge on any atom is 0.246 e. The normalized spacial score (nSPS) is 17.2. The number of hydrogen-bond donors (Lipinski definition) is 2. The van der Waals surface area contributed by atoms with Gasteiger partial charge in [0.05, 0.1) is 12.6 Å². The third kappa shape index (κ3) is 14.1. The first-order valence-electron chi connectivity index (χ1n) is 12.7. The van der Waals surface area contributed by atoms with Crippen molar-refractivity contribution in [2.45, 2.75) is 105 Å². The Morgan fingerprint density at radius 3 is 2.00 bits per heavy atom. The lowest BCUT2D eigenvalue weighted by molar-refractivity contribution is -0.132. The number of nitrogens with zero attached hydrogens (tertiary/aromatic N) is 2. The summed E-state index contributed by atoms with van der Waals surface area (Å²) in [5, 5.41) is 5.29. The van der Waals surface area contributed by atoms with E-state index in [1.54, 1.807) is 18.9 Å². The first-order chi connectivity index (χ1) is 15.6. The second-order valence-electron chi connectivity index (χ2n) is 9.73.